The van der Waals surface area contributed by atoms with Crippen LogP contribution in [0.25, 0.3) is 10.4 Å². The molecule has 4 heterocycles. The van der Waals surface area contributed by atoms with E-state index in [2.05, 4.69) is 46.9 Å². The Morgan fingerprint density at radius 1 is 0.845 bits per heavy atom. The molecule has 6 rings (SSSR count). The lowest BCUT2D eigenvalue weighted by molar-refractivity contribution is -0.144. The number of aromatic nitrogens is 3. The van der Waals surface area contributed by atoms with E-state index in [4.69, 9.17) is 4.74 Å². The molecule has 5 amide bonds. The zero-order chi connectivity index (χ0) is 51.1. The van der Waals surface area contributed by atoms with Crippen LogP contribution in [-0.4, -0.2) is 99.9 Å². The first-order chi connectivity index (χ1) is 34.1. The Morgan fingerprint density at radius 2 is 1.56 bits per heavy atom. The predicted molar refractivity (Wildman–Crippen MR) is 272 cm³/mol. The van der Waals surface area contributed by atoms with E-state index in [0.29, 0.717) is 41.5 Å². The molecular weight excluding hydrogens is 928 g/mol. The summed E-state index contributed by atoms with van der Waals surface area (Å²) in [6.45, 7) is 8.30. The van der Waals surface area contributed by atoms with Crippen LogP contribution in [0, 0.1) is 18.2 Å². The Bertz CT molecular complexity index is 2620. The SMILES string of the molecule is CNC(=O)c1cnc(Nc2ccc(F)cn2)cc1Nc1cccc(C(=O)NCCCCCCCCCC(=O)N[C@H](C(=O)N2C[C@H](O)C[C@H]2C(=O)NCc2ccc(-c3scnc3C)cc2)C(C)(C)C)c1OC. The van der Waals surface area contributed by atoms with Crippen LogP contribution in [0.3, 0.4) is 0 Å². The van der Waals surface area contributed by atoms with Gasteiger partial charge in [0.25, 0.3) is 11.8 Å². The van der Waals surface area contributed by atoms with E-state index in [1.807, 2.05) is 57.5 Å². The lowest BCUT2D eigenvalue weighted by atomic mass is 9.85. The molecule has 1 aliphatic rings. The molecule has 1 saturated heterocycles. The molecule has 3 aromatic heterocycles. The standard InChI is InChI=1S/C52H65FN10O7S/c1-32-46(71-31-59-32)34-20-18-33(19-21-34)27-58-50(68)41-25-36(64)30-63(41)51(69)47(52(2,3)4)62-44(65)17-12-10-8-7-9-11-13-24-55-49(67)37-15-14-16-39(45(37)70-6)60-40-26-43(57-29-38(40)48(66)54-5)61-42-23-22-35(53)28-56-42/h14-16,18-23,26,28-29,31,36,41,47,64H,7-13,17,24-25,27,30H2,1-6H3,(H,54,66)(H,55,67)(H,58,68)(H,62,65)(H2,56,57,60,61)/t36-,41+,47-/m1/s1. The predicted octanol–water partition coefficient (Wildman–Crippen LogP) is 7.56. The number of hydrogen-bond acceptors (Lipinski definition) is 13. The van der Waals surface area contributed by atoms with Crippen LogP contribution in [0.1, 0.15) is 111 Å². The average molecular weight is 993 g/mol. The van der Waals surface area contributed by atoms with Crippen molar-refractivity contribution in [2.45, 2.75) is 110 Å². The summed E-state index contributed by atoms with van der Waals surface area (Å²) in [5.41, 5.74) is 5.43. The highest BCUT2D eigenvalue weighted by atomic mass is 32.1. The van der Waals surface area contributed by atoms with Crippen molar-refractivity contribution in [3.05, 3.63) is 107 Å². The van der Waals surface area contributed by atoms with Crippen molar-refractivity contribution < 1.29 is 38.2 Å². The fourth-order valence-corrected chi connectivity index (χ4v) is 9.12. The number of pyridine rings is 2. The molecule has 7 N–H and O–H groups in total. The Balaban J connectivity index is 0.901. The van der Waals surface area contributed by atoms with E-state index in [9.17, 15) is 33.5 Å². The van der Waals surface area contributed by atoms with Crippen molar-refractivity contribution in [3.63, 3.8) is 0 Å². The summed E-state index contributed by atoms with van der Waals surface area (Å²) < 4.78 is 19.1. The first-order valence-corrected chi connectivity index (χ1v) is 24.8. The lowest BCUT2D eigenvalue weighted by Crippen LogP contribution is -2.57. The second-order valence-electron chi connectivity index (χ2n) is 18.6. The maximum atomic E-state index is 14.0. The molecule has 2 aromatic carbocycles. The Labute approximate surface area is 418 Å². The molecule has 5 aromatic rings. The number of methoxy groups -OCH3 is 1. The Morgan fingerprint density at radius 3 is 2.23 bits per heavy atom. The number of nitrogens with one attached hydrogen (secondary N) is 6. The van der Waals surface area contributed by atoms with Gasteiger partial charge in [-0.25, -0.2) is 19.3 Å². The number of amides is 5. The summed E-state index contributed by atoms with van der Waals surface area (Å²) in [5, 5.41) is 28.3. The number of nitrogens with zero attached hydrogens (tertiary/aromatic N) is 4. The maximum Gasteiger partial charge on any atom is 0.255 e. The molecule has 0 saturated carbocycles. The summed E-state index contributed by atoms with van der Waals surface area (Å²) in [7, 11) is 2.96. The van der Waals surface area contributed by atoms with Gasteiger partial charge in [0, 0.05) is 51.8 Å². The first kappa shape index (κ1) is 53.4. The van der Waals surface area contributed by atoms with Crippen LogP contribution in [0.5, 0.6) is 5.75 Å². The third kappa shape index (κ3) is 14.8. The van der Waals surface area contributed by atoms with Gasteiger partial charge in [-0.1, -0.05) is 83.2 Å². The first-order valence-electron chi connectivity index (χ1n) is 23.9. The normalized spacial score (nSPS) is 14.8. The molecule has 1 aliphatic heterocycles. The van der Waals surface area contributed by atoms with Crippen LogP contribution in [0.2, 0.25) is 0 Å². The summed E-state index contributed by atoms with van der Waals surface area (Å²) in [5.74, 6) is -1.20. The minimum atomic E-state index is -0.887. The molecule has 0 radical (unpaired) electrons. The van der Waals surface area contributed by atoms with Crippen molar-refractivity contribution in [3.8, 4) is 16.2 Å². The van der Waals surface area contributed by atoms with Crippen LogP contribution in [0.15, 0.2) is 78.6 Å². The van der Waals surface area contributed by atoms with Crippen molar-refractivity contribution in [2.75, 3.05) is 37.9 Å². The number of aliphatic hydroxyl groups is 1. The smallest absolute Gasteiger partial charge is 0.255 e. The summed E-state index contributed by atoms with van der Waals surface area (Å²) in [6, 6.07) is 15.5. The quantitative estimate of drug-likeness (QED) is 0.0315. The Kier molecular flexibility index (Phi) is 19.0. The van der Waals surface area contributed by atoms with Crippen LogP contribution >= 0.6 is 11.3 Å². The highest BCUT2D eigenvalue weighted by Crippen LogP contribution is 2.34. The van der Waals surface area contributed by atoms with Gasteiger partial charge in [0.05, 0.1) is 58.0 Å². The molecule has 17 nitrogen and oxygen atoms in total. The number of unbranched alkanes of at least 4 members (excludes halogenated alkanes) is 6. The molecule has 378 valence electrons. The molecule has 0 spiro atoms. The monoisotopic (exact) mass is 992 g/mol. The summed E-state index contributed by atoms with van der Waals surface area (Å²) in [6.07, 6.45) is 7.97. The molecular formula is C52H65FN10O7S. The zero-order valence-electron chi connectivity index (χ0n) is 41.2. The molecule has 19 heteroatoms. The van der Waals surface area contributed by atoms with Gasteiger partial charge in [0.15, 0.2) is 5.75 Å². The van der Waals surface area contributed by atoms with Gasteiger partial charge in [0.1, 0.15) is 29.5 Å². The molecule has 0 unspecified atom stereocenters. The molecule has 1 fully saturated rings. The van der Waals surface area contributed by atoms with Gasteiger partial charge in [0.2, 0.25) is 17.7 Å². The van der Waals surface area contributed by atoms with Gasteiger partial charge < -0.3 is 46.6 Å². The van der Waals surface area contributed by atoms with Crippen LogP contribution < -0.4 is 36.6 Å². The van der Waals surface area contributed by atoms with E-state index >= 15 is 0 Å². The topological polar surface area (TPSA) is 229 Å². The largest absolute Gasteiger partial charge is 0.494 e. The number of hydrogen-bond donors (Lipinski definition) is 7. The van der Waals surface area contributed by atoms with Gasteiger partial charge in [-0.3, -0.25) is 24.0 Å². The number of halogens is 1. The van der Waals surface area contributed by atoms with Gasteiger partial charge in [-0.15, -0.1) is 11.3 Å². The number of thiazole rings is 1. The number of para-hydroxylation sites is 1. The van der Waals surface area contributed by atoms with Crippen molar-refractivity contribution in [1.82, 2.24) is 41.1 Å². The number of carbonyl (C=O) groups excluding carboxylic acids is 5. The maximum absolute atomic E-state index is 14.0. The minimum absolute atomic E-state index is 0.00680. The van der Waals surface area contributed by atoms with Gasteiger partial charge >= 0.3 is 0 Å². The zero-order valence-corrected chi connectivity index (χ0v) is 42.0. The number of β-amino-alcohol motifs (C(OH)–C–C–N with tert-alkyl or cyclic N) is 1. The summed E-state index contributed by atoms with van der Waals surface area (Å²) in [4.78, 5) is 82.0. The number of carbonyl (C=O) groups is 5. The number of benzene rings is 2. The molecule has 71 heavy (non-hydrogen) atoms. The minimum Gasteiger partial charge on any atom is -0.494 e. The van der Waals surface area contributed by atoms with E-state index < -0.39 is 41.2 Å². The Hall–Kier alpha value is -6.99. The van der Waals surface area contributed by atoms with Crippen molar-refractivity contribution in [1.29, 1.82) is 0 Å². The fourth-order valence-electron chi connectivity index (χ4n) is 8.31. The fraction of sp³-hybridized carbons (Fsp3) is 0.423. The average Bonchev–Trinajstić information content (AvgIpc) is 3.98. The second kappa shape index (κ2) is 25.2. The number of aliphatic hydroxyl groups excluding tert-OH is 1. The van der Waals surface area contributed by atoms with Crippen LogP contribution in [0.4, 0.5) is 27.4 Å². The number of likely N-dealkylation sites (tertiary alicyclic amines) is 1. The third-order valence-corrected chi connectivity index (χ3v) is 13.1. The number of anilines is 4. The number of ether oxygens (including phenoxy) is 1. The number of rotatable bonds is 23. The summed E-state index contributed by atoms with van der Waals surface area (Å²) >= 11 is 1.57. The lowest BCUT2D eigenvalue weighted by Gasteiger charge is -2.35. The third-order valence-electron chi connectivity index (χ3n) is 12.2. The van der Waals surface area contributed by atoms with Crippen molar-refractivity contribution in [2.24, 2.45) is 5.41 Å². The van der Waals surface area contributed by atoms with Crippen LogP contribution in [-0.2, 0) is 20.9 Å². The van der Waals surface area contributed by atoms with E-state index in [1.54, 1.807) is 35.6 Å². The van der Waals surface area contributed by atoms with Crippen molar-refractivity contribution >= 4 is 63.9 Å². The van der Waals surface area contributed by atoms with E-state index in [0.717, 1.165) is 66.4 Å². The van der Waals surface area contributed by atoms with Gasteiger partial charge in [-0.05, 0) is 60.6 Å². The van der Waals surface area contributed by atoms with Gasteiger partial charge in [-0.2, -0.15) is 0 Å². The van der Waals surface area contributed by atoms with E-state index in [-0.39, 0.29) is 55.0 Å². The molecule has 3 atom stereocenters. The highest BCUT2D eigenvalue weighted by molar-refractivity contribution is 7.13. The highest BCUT2D eigenvalue weighted by Gasteiger charge is 2.44. The van der Waals surface area contributed by atoms with E-state index in [1.165, 1.54) is 37.4 Å². The molecule has 0 aliphatic carbocycles. The second-order valence-corrected chi connectivity index (χ2v) is 19.5. The number of aryl methyl sites for hydroxylation is 1. The molecule has 0 bridgehead atoms.